The van der Waals surface area contributed by atoms with Crippen molar-refractivity contribution in [1.82, 2.24) is 19.5 Å². The molecule has 1 fully saturated rings. The second-order valence-electron chi connectivity index (χ2n) is 4.51. The van der Waals surface area contributed by atoms with Crippen LogP contribution in [0, 0.1) is 0 Å². The van der Waals surface area contributed by atoms with Gasteiger partial charge in [0.1, 0.15) is 12.2 Å². The number of imidazole rings is 1. The molecule has 0 bridgehead atoms. The van der Waals surface area contributed by atoms with Crippen LogP contribution in [0.15, 0.2) is 12.5 Å². The van der Waals surface area contributed by atoms with Gasteiger partial charge in [-0.15, -0.1) is 0 Å². The number of ether oxygens (including phenoxy) is 1. The second-order valence-corrected chi connectivity index (χ2v) is 6.50. The van der Waals surface area contributed by atoms with Crippen LogP contribution in [-0.2, 0) is 20.6 Å². The summed E-state index contributed by atoms with van der Waals surface area (Å²) in [7, 11) is -3.39. The average molecular weight is 299 g/mol. The monoisotopic (exact) mass is 299 g/mol. The molecule has 20 heavy (non-hydrogen) atoms. The van der Waals surface area contributed by atoms with Crippen molar-refractivity contribution in [3.63, 3.8) is 0 Å². The lowest BCUT2D eigenvalue weighted by Crippen LogP contribution is -2.26. The lowest BCUT2D eigenvalue weighted by atomic mass is 10.3. The minimum absolute atomic E-state index is 0.109. The van der Waals surface area contributed by atoms with Crippen molar-refractivity contribution in [2.75, 3.05) is 18.5 Å². The summed E-state index contributed by atoms with van der Waals surface area (Å²) < 4.78 is 23.5. The Labute approximate surface area is 114 Å². The molecule has 108 valence electrons. The SMILES string of the molecule is Nc1ncc2ncn(CO[C@@H]3CCP(=O)(O)OC3)c2n1. The Morgan fingerprint density at radius 2 is 2.45 bits per heavy atom. The molecule has 0 radical (unpaired) electrons. The van der Waals surface area contributed by atoms with Crippen LogP contribution >= 0.6 is 7.60 Å². The van der Waals surface area contributed by atoms with Gasteiger partial charge in [-0.3, -0.25) is 9.13 Å². The van der Waals surface area contributed by atoms with E-state index in [-0.39, 0.29) is 31.6 Å². The van der Waals surface area contributed by atoms with E-state index >= 15 is 0 Å². The van der Waals surface area contributed by atoms with Gasteiger partial charge in [0.25, 0.3) is 0 Å². The first-order valence-electron chi connectivity index (χ1n) is 6.05. The molecule has 1 saturated heterocycles. The summed E-state index contributed by atoms with van der Waals surface area (Å²) >= 11 is 0. The van der Waals surface area contributed by atoms with E-state index in [1.54, 1.807) is 17.1 Å². The van der Waals surface area contributed by atoms with Crippen LogP contribution in [0.5, 0.6) is 0 Å². The van der Waals surface area contributed by atoms with E-state index in [1.165, 1.54) is 0 Å². The minimum Gasteiger partial charge on any atom is -0.368 e. The molecule has 1 aliphatic heterocycles. The van der Waals surface area contributed by atoms with E-state index in [2.05, 4.69) is 15.0 Å². The lowest BCUT2D eigenvalue weighted by Gasteiger charge is -2.25. The normalized spacial score (nSPS) is 26.9. The Kier molecular flexibility index (Phi) is 3.43. The van der Waals surface area contributed by atoms with E-state index < -0.39 is 7.60 Å². The van der Waals surface area contributed by atoms with Gasteiger partial charge in [0.05, 0.1) is 31.4 Å². The predicted octanol–water partition coefficient (Wildman–Crippen LogP) is 0.357. The number of nitrogen functional groups attached to an aromatic ring is 1. The number of nitrogens with zero attached hydrogens (tertiary/aromatic N) is 4. The summed E-state index contributed by atoms with van der Waals surface area (Å²) in [5.74, 6) is 0.168. The van der Waals surface area contributed by atoms with Crippen LogP contribution < -0.4 is 5.73 Å². The summed E-state index contributed by atoms with van der Waals surface area (Å²) in [5.41, 5.74) is 6.75. The first-order valence-corrected chi connectivity index (χ1v) is 7.81. The van der Waals surface area contributed by atoms with Crippen LogP contribution in [0.25, 0.3) is 11.2 Å². The molecule has 2 aromatic rings. The minimum atomic E-state index is -3.39. The number of rotatable bonds is 3. The van der Waals surface area contributed by atoms with Crippen molar-refractivity contribution in [1.29, 1.82) is 0 Å². The molecule has 1 unspecified atom stereocenters. The highest BCUT2D eigenvalue weighted by Crippen LogP contribution is 2.46. The van der Waals surface area contributed by atoms with Crippen molar-refractivity contribution in [3.05, 3.63) is 12.5 Å². The standard InChI is InChI=1S/C10H14N5O4P/c11-10-12-3-8-9(14-10)15(5-13-8)6-18-7-1-2-20(16,17)19-4-7/h3,5,7H,1-2,4,6H2,(H,16,17)(H2,11,12,14)/t7-/m1/s1. The van der Waals surface area contributed by atoms with Crippen molar-refractivity contribution >= 4 is 24.7 Å². The first-order chi connectivity index (χ1) is 9.53. The summed E-state index contributed by atoms with van der Waals surface area (Å²) in [6.45, 7) is 0.328. The highest BCUT2D eigenvalue weighted by molar-refractivity contribution is 7.52. The molecule has 0 spiro atoms. The van der Waals surface area contributed by atoms with Crippen LogP contribution in [-0.4, -0.2) is 43.3 Å². The highest BCUT2D eigenvalue weighted by atomic mass is 31.2. The third-order valence-corrected chi connectivity index (χ3v) is 4.40. The molecule has 3 heterocycles. The van der Waals surface area contributed by atoms with E-state index in [0.29, 0.717) is 17.6 Å². The molecule has 2 atom stereocenters. The zero-order valence-electron chi connectivity index (χ0n) is 10.5. The quantitative estimate of drug-likeness (QED) is 0.778. The molecule has 0 saturated carbocycles. The highest BCUT2D eigenvalue weighted by Gasteiger charge is 2.29. The molecular weight excluding hydrogens is 285 g/mol. The van der Waals surface area contributed by atoms with Gasteiger partial charge in [-0.1, -0.05) is 0 Å². The van der Waals surface area contributed by atoms with Crippen molar-refractivity contribution < 1.29 is 18.7 Å². The van der Waals surface area contributed by atoms with Crippen molar-refractivity contribution in [2.24, 2.45) is 0 Å². The predicted molar refractivity (Wildman–Crippen MR) is 69.9 cm³/mol. The summed E-state index contributed by atoms with van der Waals surface area (Å²) in [6.07, 6.45) is 3.50. The Hall–Kier alpha value is -1.54. The van der Waals surface area contributed by atoms with Crippen molar-refractivity contribution in [2.45, 2.75) is 19.3 Å². The van der Waals surface area contributed by atoms with E-state index in [1.807, 2.05) is 0 Å². The van der Waals surface area contributed by atoms with Gasteiger partial charge in [0, 0.05) is 0 Å². The van der Waals surface area contributed by atoms with E-state index in [9.17, 15) is 9.46 Å². The average Bonchev–Trinajstić information content (AvgIpc) is 2.80. The van der Waals surface area contributed by atoms with E-state index in [4.69, 9.17) is 15.0 Å². The van der Waals surface area contributed by atoms with Gasteiger partial charge >= 0.3 is 7.60 Å². The Morgan fingerprint density at radius 1 is 1.60 bits per heavy atom. The maximum atomic E-state index is 11.3. The molecule has 10 heteroatoms. The van der Waals surface area contributed by atoms with Crippen molar-refractivity contribution in [3.8, 4) is 0 Å². The van der Waals surface area contributed by atoms with Crippen LogP contribution in [0.4, 0.5) is 5.95 Å². The number of fused-ring (bicyclic) bond motifs is 1. The van der Waals surface area contributed by atoms with Gasteiger partial charge in [-0.05, 0) is 6.42 Å². The van der Waals surface area contributed by atoms with Crippen LogP contribution in [0.3, 0.4) is 0 Å². The molecule has 1 aliphatic rings. The topological polar surface area (TPSA) is 125 Å². The molecule has 9 nitrogen and oxygen atoms in total. The maximum Gasteiger partial charge on any atom is 0.328 e. The Morgan fingerprint density at radius 3 is 3.20 bits per heavy atom. The molecule has 3 rings (SSSR count). The number of hydrogen-bond donors (Lipinski definition) is 2. The zero-order chi connectivity index (χ0) is 14.2. The number of nitrogens with two attached hydrogens (primary N) is 1. The maximum absolute atomic E-state index is 11.3. The third kappa shape index (κ3) is 2.80. The number of anilines is 1. The molecule has 0 aromatic carbocycles. The number of aromatic nitrogens is 4. The largest absolute Gasteiger partial charge is 0.368 e. The third-order valence-electron chi connectivity index (χ3n) is 3.02. The van der Waals surface area contributed by atoms with Gasteiger partial charge in [-0.2, -0.15) is 4.98 Å². The van der Waals surface area contributed by atoms with Crippen LogP contribution in [0.1, 0.15) is 6.42 Å². The smallest absolute Gasteiger partial charge is 0.328 e. The summed E-state index contributed by atoms with van der Waals surface area (Å²) in [6, 6.07) is 0. The molecule has 3 N–H and O–H groups in total. The van der Waals surface area contributed by atoms with Gasteiger partial charge < -0.3 is 19.9 Å². The first kappa shape index (κ1) is 13.4. The Bertz CT molecular complexity index is 663. The van der Waals surface area contributed by atoms with E-state index in [0.717, 1.165) is 0 Å². The number of hydrogen-bond acceptors (Lipinski definition) is 7. The summed E-state index contributed by atoms with van der Waals surface area (Å²) in [5, 5.41) is 0. The summed E-state index contributed by atoms with van der Waals surface area (Å²) in [4.78, 5) is 21.3. The fourth-order valence-electron chi connectivity index (χ4n) is 1.93. The second kappa shape index (κ2) is 5.10. The Balaban J connectivity index is 1.66. The fraction of sp³-hybridized carbons (Fsp3) is 0.500. The van der Waals surface area contributed by atoms with Gasteiger partial charge in [0.15, 0.2) is 5.65 Å². The molecule has 0 amide bonds. The lowest BCUT2D eigenvalue weighted by molar-refractivity contribution is -0.0281. The zero-order valence-corrected chi connectivity index (χ0v) is 11.4. The van der Waals surface area contributed by atoms with Crippen LogP contribution in [0.2, 0.25) is 0 Å². The molecular formula is C10H14N5O4P. The molecule has 0 aliphatic carbocycles. The molecule has 2 aromatic heterocycles. The fourth-order valence-corrected chi connectivity index (χ4v) is 3.08. The van der Waals surface area contributed by atoms with Gasteiger partial charge in [-0.25, -0.2) is 9.97 Å². The van der Waals surface area contributed by atoms with Gasteiger partial charge in [0.2, 0.25) is 5.95 Å².